The molecule has 1 atom stereocenters. The van der Waals surface area contributed by atoms with Gasteiger partial charge >= 0.3 is 0 Å². The Hall–Kier alpha value is -3.61. The summed E-state index contributed by atoms with van der Waals surface area (Å²) >= 11 is 0. The molecule has 0 saturated carbocycles. The number of rotatable bonds is 6. The molecule has 0 fully saturated rings. The van der Waals surface area contributed by atoms with Crippen molar-refractivity contribution in [2.45, 2.75) is 12.7 Å². The van der Waals surface area contributed by atoms with Gasteiger partial charge in [0.25, 0.3) is 5.91 Å². The van der Waals surface area contributed by atoms with Gasteiger partial charge in [0.15, 0.2) is 11.5 Å². The van der Waals surface area contributed by atoms with Crippen LogP contribution < -0.4 is 19.5 Å². The molecule has 0 bridgehead atoms. The molecule has 2 aromatic carbocycles. The molecule has 1 aliphatic heterocycles. The van der Waals surface area contributed by atoms with Crippen LogP contribution in [0.4, 0.5) is 5.69 Å². The summed E-state index contributed by atoms with van der Waals surface area (Å²) < 4.78 is 22.0. The molecule has 2 heterocycles. The first-order valence-electron chi connectivity index (χ1n) is 9.15. The summed E-state index contributed by atoms with van der Waals surface area (Å²) in [4.78, 5) is 15.1. The molecule has 0 saturated heterocycles. The van der Waals surface area contributed by atoms with Crippen LogP contribution in [0.25, 0.3) is 0 Å². The second-order valence-corrected chi connectivity index (χ2v) is 6.55. The minimum absolute atomic E-state index is 0.0995. The largest absolute Gasteiger partial charge is 0.496 e. The highest BCUT2D eigenvalue weighted by molar-refractivity contribution is 6.01. The van der Waals surface area contributed by atoms with Crippen LogP contribution in [0.3, 0.4) is 0 Å². The van der Waals surface area contributed by atoms with E-state index in [2.05, 4.69) is 5.32 Å². The van der Waals surface area contributed by atoms with Crippen LogP contribution in [0.1, 0.15) is 27.8 Å². The lowest BCUT2D eigenvalue weighted by molar-refractivity contribution is 0.0649. The van der Waals surface area contributed by atoms with Gasteiger partial charge in [-0.1, -0.05) is 12.1 Å². The van der Waals surface area contributed by atoms with Gasteiger partial charge in [0.2, 0.25) is 0 Å². The third-order valence-corrected chi connectivity index (χ3v) is 4.96. The fourth-order valence-corrected chi connectivity index (χ4v) is 3.54. The molecule has 7 nitrogen and oxygen atoms in total. The molecular formula is C22H22N2O5. The van der Waals surface area contributed by atoms with Gasteiger partial charge in [0.1, 0.15) is 17.7 Å². The molecule has 1 aliphatic rings. The van der Waals surface area contributed by atoms with Crippen molar-refractivity contribution >= 4 is 11.6 Å². The predicted molar refractivity (Wildman–Crippen MR) is 107 cm³/mol. The Morgan fingerprint density at radius 1 is 0.966 bits per heavy atom. The Balaban J connectivity index is 1.84. The monoisotopic (exact) mass is 394 g/mol. The van der Waals surface area contributed by atoms with Crippen LogP contribution in [-0.2, 0) is 6.54 Å². The van der Waals surface area contributed by atoms with Crippen molar-refractivity contribution in [2.24, 2.45) is 0 Å². The first-order chi connectivity index (χ1) is 14.2. The Morgan fingerprint density at radius 3 is 2.38 bits per heavy atom. The van der Waals surface area contributed by atoms with E-state index in [1.807, 2.05) is 36.4 Å². The molecule has 4 rings (SSSR count). The number of furan rings is 1. The van der Waals surface area contributed by atoms with Crippen molar-refractivity contribution in [3.05, 3.63) is 71.7 Å². The van der Waals surface area contributed by atoms with E-state index in [1.165, 1.54) is 0 Å². The minimum Gasteiger partial charge on any atom is -0.496 e. The van der Waals surface area contributed by atoms with Crippen LogP contribution in [0.5, 0.6) is 17.2 Å². The number of methoxy groups -OCH3 is 3. The molecule has 150 valence electrons. The highest BCUT2D eigenvalue weighted by atomic mass is 16.5. The fraction of sp³-hybridized carbons (Fsp3) is 0.227. The van der Waals surface area contributed by atoms with Gasteiger partial charge in [-0.15, -0.1) is 0 Å². The average molecular weight is 394 g/mol. The summed E-state index contributed by atoms with van der Waals surface area (Å²) in [5.41, 5.74) is 2.12. The van der Waals surface area contributed by atoms with Gasteiger partial charge in [-0.3, -0.25) is 4.79 Å². The number of carbonyl (C=O) groups excluding carboxylic acids is 1. The Labute approximate surface area is 168 Å². The quantitative estimate of drug-likeness (QED) is 0.679. The van der Waals surface area contributed by atoms with E-state index >= 15 is 0 Å². The third kappa shape index (κ3) is 3.35. The van der Waals surface area contributed by atoms with Crippen LogP contribution in [0, 0.1) is 0 Å². The van der Waals surface area contributed by atoms with Crippen LogP contribution in [-0.4, -0.2) is 32.1 Å². The smallest absolute Gasteiger partial charge is 0.258 e. The molecular weight excluding hydrogens is 372 g/mol. The first kappa shape index (κ1) is 18.7. The molecule has 1 aromatic heterocycles. The number of para-hydroxylation sites is 1. The normalized spacial score (nSPS) is 15.5. The van der Waals surface area contributed by atoms with Gasteiger partial charge in [-0.2, -0.15) is 0 Å². The maximum absolute atomic E-state index is 13.4. The van der Waals surface area contributed by atoms with Gasteiger partial charge in [0, 0.05) is 17.3 Å². The van der Waals surface area contributed by atoms with Crippen LogP contribution in [0.2, 0.25) is 0 Å². The molecule has 0 radical (unpaired) electrons. The Kier molecular flexibility index (Phi) is 5.03. The van der Waals surface area contributed by atoms with Crippen LogP contribution in [0.15, 0.2) is 59.2 Å². The van der Waals surface area contributed by atoms with Gasteiger partial charge in [0.05, 0.1) is 39.7 Å². The number of ether oxygens (including phenoxy) is 3. The SMILES string of the molecule is COc1cc(OC)c([C@H]2Nc3ccccc3C(=O)N2Cc2ccco2)cc1OC. The highest BCUT2D eigenvalue weighted by Crippen LogP contribution is 2.42. The Bertz CT molecular complexity index is 1020. The molecule has 0 spiro atoms. The topological polar surface area (TPSA) is 73.2 Å². The van der Waals surface area contributed by atoms with E-state index in [9.17, 15) is 4.79 Å². The zero-order valence-electron chi connectivity index (χ0n) is 16.5. The highest BCUT2D eigenvalue weighted by Gasteiger charge is 2.35. The lowest BCUT2D eigenvalue weighted by Crippen LogP contribution is -2.42. The lowest BCUT2D eigenvalue weighted by atomic mass is 10.0. The number of benzene rings is 2. The first-order valence-corrected chi connectivity index (χ1v) is 9.15. The molecule has 3 aromatic rings. The van der Waals surface area contributed by atoms with Crippen LogP contribution >= 0.6 is 0 Å². The number of anilines is 1. The fourth-order valence-electron chi connectivity index (χ4n) is 3.54. The number of carbonyl (C=O) groups is 1. The number of hydrogen-bond acceptors (Lipinski definition) is 6. The number of fused-ring (bicyclic) bond motifs is 1. The van der Waals surface area contributed by atoms with Gasteiger partial charge in [-0.25, -0.2) is 0 Å². The molecule has 1 N–H and O–H groups in total. The molecule has 0 unspecified atom stereocenters. The molecule has 1 amide bonds. The van der Waals surface area contributed by atoms with E-state index < -0.39 is 6.17 Å². The number of amides is 1. The number of nitrogens with one attached hydrogen (secondary N) is 1. The summed E-state index contributed by atoms with van der Waals surface area (Å²) in [5, 5.41) is 3.46. The second-order valence-electron chi connectivity index (χ2n) is 6.55. The van der Waals surface area contributed by atoms with Crippen molar-refractivity contribution in [1.82, 2.24) is 4.90 Å². The van der Waals surface area contributed by atoms with Crippen molar-refractivity contribution in [3.63, 3.8) is 0 Å². The van der Waals surface area contributed by atoms with E-state index in [1.54, 1.807) is 44.6 Å². The standard InChI is InChI=1S/C22H22N2O5/c1-26-18-12-20(28-3)19(27-2)11-16(18)21-23-17-9-5-4-8-15(17)22(25)24(21)13-14-7-6-10-29-14/h4-12,21,23H,13H2,1-3H3/t21-/m0/s1. The second kappa shape index (κ2) is 7.79. The van der Waals surface area contributed by atoms with Gasteiger partial charge < -0.3 is 28.8 Å². The van der Waals surface area contributed by atoms with Gasteiger partial charge in [-0.05, 0) is 30.3 Å². The van der Waals surface area contributed by atoms with E-state index in [4.69, 9.17) is 18.6 Å². The number of hydrogen-bond donors (Lipinski definition) is 1. The molecule has 7 heteroatoms. The average Bonchev–Trinajstić information content (AvgIpc) is 3.28. The Morgan fingerprint density at radius 2 is 1.69 bits per heavy atom. The maximum atomic E-state index is 13.4. The third-order valence-electron chi connectivity index (χ3n) is 4.96. The summed E-state index contributed by atoms with van der Waals surface area (Å²) in [6.45, 7) is 0.301. The zero-order chi connectivity index (χ0) is 20.4. The van der Waals surface area contributed by atoms with Crippen molar-refractivity contribution < 1.29 is 23.4 Å². The summed E-state index contributed by atoms with van der Waals surface area (Å²) in [5.74, 6) is 2.26. The summed E-state index contributed by atoms with van der Waals surface area (Å²) in [7, 11) is 4.72. The van der Waals surface area contributed by atoms with E-state index in [0.29, 0.717) is 35.1 Å². The summed E-state index contributed by atoms with van der Waals surface area (Å²) in [6, 6.07) is 14.7. The molecule has 29 heavy (non-hydrogen) atoms. The van der Waals surface area contributed by atoms with Crippen molar-refractivity contribution in [3.8, 4) is 17.2 Å². The summed E-state index contributed by atoms with van der Waals surface area (Å²) in [6.07, 6.45) is 1.11. The molecule has 0 aliphatic carbocycles. The predicted octanol–water partition coefficient (Wildman–Crippen LogP) is 4.07. The van der Waals surface area contributed by atoms with E-state index in [-0.39, 0.29) is 5.91 Å². The van der Waals surface area contributed by atoms with Crippen molar-refractivity contribution in [1.29, 1.82) is 0 Å². The van der Waals surface area contributed by atoms with E-state index in [0.717, 1.165) is 11.3 Å². The van der Waals surface area contributed by atoms with Crippen molar-refractivity contribution in [2.75, 3.05) is 26.6 Å². The minimum atomic E-state index is -0.489. The zero-order valence-corrected chi connectivity index (χ0v) is 16.5. The maximum Gasteiger partial charge on any atom is 0.258 e. The number of nitrogens with zero attached hydrogens (tertiary/aromatic N) is 1. The lowest BCUT2D eigenvalue weighted by Gasteiger charge is -2.38.